The van der Waals surface area contributed by atoms with Gasteiger partial charge in [-0.2, -0.15) is 4.98 Å². The summed E-state index contributed by atoms with van der Waals surface area (Å²) in [6.07, 6.45) is 0.595. The molecule has 0 aliphatic carbocycles. The summed E-state index contributed by atoms with van der Waals surface area (Å²) in [5.41, 5.74) is 2.87. The Kier molecular flexibility index (Phi) is 6.17. The summed E-state index contributed by atoms with van der Waals surface area (Å²) in [6.45, 7) is 2.32. The number of methoxy groups -OCH3 is 1. The van der Waals surface area contributed by atoms with E-state index >= 15 is 0 Å². The van der Waals surface area contributed by atoms with Crippen molar-refractivity contribution in [3.8, 4) is 5.75 Å². The Hall–Kier alpha value is -4.13. The Labute approximate surface area is 185 Å². The number of hydrogen-bond acceptors (Lipinski definition) is 4. The molecule has 7 heteroatoms. The summed E-state index contributed by atoms with van der Waals surface area (Å²) in [6, 6.07) is 22.0. The third kappa shape index (κ3) is 4.78. The number of urea groups is 1. The molecule has 2 N–H and O–H groups in total. The number of carbonyl (C=O) groups excluding carboxylic acids is 1. The van der Waals surface area contributed by atoms with Crippen LogP contribution in [0, 0.1) is 6.92 Å². The number of aryl methyl sites for hydroxylation is 2. The summed E-state index contributed by atoms with van der Waals surface area (Å²) >= 11 is 0. The summed E-state index contributed by atoms with van der Waals surface area (Å²) < 4.78 is 6.70. The van der Waals surface area contributed by atoms with Crippen LogP contribution in [0.15, 0.2) is 77.6 Å². The maximum atomic E-state index is 12.8. The Balaban J connectivity index is 1.64. The van der Waals surface area contributed by atoms with Crippen molar-refractivity contribution in [3.63, 3.8) is 0 Å². The fourth-order valence-corrected chi connectivity index (χ4v) is 3.54. The molecule has 0 atom stereocenters. The maximum absolute atomic E-state index is 12.8. The number of nitrogens with one attached hydrogen (secondary N) is 2. The molecule has 2 amide bonds. The molecule has 0 spiro atoms. The fraction of sp³-hybridized carbons (Fsp3) is 0.160. The molecule has 1 heterocycles. The van der Waals surface area contributed by atoms with E-state index in [4.69, 9.17) is 4.74 Å². The van der Waals surface area contributed by atoms with Gasteiger partial charge in [-0.25, -0.2) is 9.59 Å². The summed E-state index contributed by atoms with van der Waals surface area (Å²) in [4.78, 5) is 29.8. The Morgan fingerprint density at radius 1 is 1.00 bits per heavy atom. The Bertz CT molecular complexity index is 1310. The number of fused-ring (bicyclic) bond motifs is 1. The third-order valence-corrected chi connectivity index (χ3v) is 5.17. The number of rotatable bonds is 6. The van der Waals surface area contributed by atoms with Crippen LogP contribution in [0.5, 0.6) is 5.75 Å². The van der Waals surface area contributed by atoms with Gasteiger partial charge in [-0.05, 0) is 60.9 Å². The number of ether oxygens (including phenoxy) is 1. The quantitative estimate of drug-likeness (QED) is 0.470. The second-order valence-electron chi connectivity index (χ2n) is 7.46. The van der Waals surface area contributed by atoms with Gasteiger partial charge in [0.15, 0.2) is 0 Å². The fourth-order valence-electron chi connectivity index (χ4n) is 3.54. The second-order valence-corrected chi connectivity index (χ2v) is 7.46. The lowest BCUT2D eigenvalue weighted by molar-refractivity contribution is 0.262. The van der Waals surface area contributed by atoms with E-state index < -0.39 is 11.7 Å². The molecule has 4 rings (SSSR count). The zero-order chi connectivity index (χ0) is 22.5. The molecular formula is C25H24N4O3. The predicted molar refractivity (Wildman–Crippen MR) is 127 cm³/mol. The minimum absolute atomic E-state index is 0.364. The molecular weight excluding hydrogens is 404 g/mol. The van der Waals surface area contributed by atoms with Gasteiger partial charge >= 0.3 is 11.7 Å². The molecule has 7 nitrogen and oxygen atoms in total. The monoisotopic (exact) mass is 428 g/mol. The lowest BCUT2D eigenvalue weighted by Gasteiger charge is -2.16. The minimum atomic E-state index is -0.426. The average molecular weight is 428 g/mol. The average Bonchev–Trinajstić information content (AvgIpc) is 2.79. The molecule has 0 bridgehead atoms. The number of anilines is 2. The Morgan fingerprint density at radius 2 is 1.78 bits per heavy atom. The molecule has 0 saturated heterocycles. The lowest BCUT2D eigenvalue weighted by atomic mass is 10.1. The number of nitrogens with zero attached hydrogens (tertiary/aromatic N) is 2. The highest BCUT2D eigenvalue weighted by molar-refractivity contribution is 6.04. The highest BCUT2D eigenvalue weighted by Crippen LogP contribution is 2.21. The van der Waals surface area contributed by atoms with Crippen LogP contribution in [0.2, 0.25) is 0 Å². The molecule has 0 unspecified atom stereocenters. The van der Waals surface area contributed by atoms with E-state index in [9.17, 15) is 9.59 Å². The van der Waals surface area contributed by atoms with Gasteiger partial charge in [-0.15, -0.1) is 0 Å². The first-order valence-corrected chi connectivity index (χ1v) is 10.3. The molecule has 0 aliphatic rings. The van der Waals surface area contributed by atoms with E-state index in [1.54, 1.807) is 13.2 Å². The van der Waals surface area contributed by atoms with Gasteiger partial charge in [-0.1, -0.05) is 36.4 Å². The van der Waals surface area contributed by atoms with Gasteiger partial charge < -0.3 is 10.1 Å². The normalized spacial score (nSPS) is 10.7. The molecule has 162 valence electrons. The number of para-hydroxylation sites is 1. The Morgan fingerprint density at radius 3 is 2.53 bits per heavy atom. The van der Waals surface area contributed by atoms with Gasteiger partial charge in [0.1, 0.15) is 11.6 Å². The van der Waals surface area contributed by atoms with Crippen molar-refractivity contribution in [1.82, 2.24) is 9.55 Å². The summed E-state index contributed by atoms with van der Waals surface area (Å²) in [7, 11) is 1.62. The first kappa shape index (κ1) is 21.1. The first-order valence-electron chi connectivity index (χ1n) is 10.3. The predicted octanol–water partition coefficient (Wildman–Crippen LogP) is 4.60. The van der Waals surface area contributed by atoms with E-state index in [0.717, 1.165) is 16.9 Å². The standard InChI is InChI=1S/C25H24N4O3/c1-17-6-5-7-19(16-17)26-24(30)28-23-21-8-3-4-9-22(21)27-25(31)29(23)15-14-18-10-12-20(32-2)13-11-18/h3-13,16H,14-15H2,1-2H3,(H2,26,28,30). The number of aromatic nitrogens is 2. The van der Waals surface area contributed by atoms with Gasteiger partial charge in [0, 0.05) is 17.6 Å². The molecule has 32 heavy (non-hydrogen) atoms. The van der Waals surface area contributed by atoms with E-state index in [0.29, 0.717) is 35.4 Å². The van der Waals surface area contributed by atoms with E-state index in [2.05, 4.69) is 15.6 Å². The molecule has 0 fully saturated rings. The van der Waals surface area contributed by atoms with Crippen LogP contribution >= 0.6 is 0 Å². The second kappa shape index (κ2) is 9.34. The molecule has 4 aromatic rings. The smallest absolute Gasteiger partial charge is 0.349 e. The maximum Gasteiger partial charge on any atom is 0.349 e. The third-order valence-electron chi connectivity index (χ3n) is 5.17. The molecule has 1 aromatic heterocycles. The molecule has 0 aliphatic heterocycles. The highest BCUT2D eigenvalue weighted by Gasteiger charge is 2.14. The van der Waals surface area contributed by atoms with Crippen LogP contribution in [0.3, 0.4) is 0 Å². The number of carbonyl (C=O) groups is 1. The van der Waals surface area contributed by atoms with Gasteiger partial charge in [0.25, 0.3) is 0 Å². The number of amides is 2. The minimum Gasteiger partial charge on any atom is -0.497 e. The summed E-state index contributed by atoms with van der Waals surface area (Å²) in [5.74, 6) is 1.19. The van der Waals surface area contributed by atoms with E-state index in [1.165, 1.54) is 4.57 Å². The zero-order valence-corrected chi connectivity index (χ0v) is 18.0. The van der Waals surface area contributed by atoms with E-state index in [1.807, 2.05) is 73.7 Å². The van der Waals surface area contributed by atoms with Crippen LogP contribution in [0.25, 0.3) is 10.9 Å². The first-order chi connectivity index (χ1) is 15.5. The van der Waals surface area contributed by atoms with Gasteiger partial charge in [0.05, 0.1) is 12.6 Å². The zero-order valence-electron chi connectivity index (χ0n) is 18.0. The summed E-state index contributed by atoms with van der Waals surface area (Å²) in [5, 5.41) is 6.39. The van der Waals surface area contributed by atoms with Crippen molar-refractivity contribution < 1.29 is 9.53 Å². The van der Waals surface area contributed by atoms with Crippen molar-refractivity contribution in [2.45, 2.75) is 19.9 Å². The van der Waals surface area contributed by atoms with Crippen LogP contribution in [0.4, 0.5) is 16.3 Å². The van der Waals surface area contributed by atoms with Crippen molar-refractivity contribution in [1.29, 1.82) is 0 Å². The van der Waals surface area contributed by atoms with Gasteiger partial charge in [-0.3, -0.25) is 9.88 Å². The lowest BCUT2D eigenvalue weighted by Crippen LogP contribution is -2.30. The van der Waals surface area contributed by atoms with E-state index in [-0.39, 0.29) is 0 Å². The van der Waals surface area contributed by atoms with Crippen molar-refractivity contribution in [3.05, 3.63) is 94.4 Å². The van der Waals surface area contributed by atoms with Crippen LogP contribution in [-0.4, -0.2) is 22.7 Å². The van der Waals surface area contributed by atoms with Crippen molar-refractivity contribution in [2.24, 2.45) is 0 Å². The molecule has 0 radical (unpaired) electrons. The van der Waals surface area contributed by atoms with Crippen molar-refractivity contribution >= 4 is 28.4 Å². The topological polar surface area (TPSA) is 85.2 Å². The van der Waals surface area contributed by atoms with Gasteiger partial charge in [0.2, 0.25) is 0 Å². The van der Waals surface area contributed by atoms with Crippen molar-refractivity contribution in [2.75, 3.05) is 17.7 Å². The highest BCUT2D eigenvalue weighted by atomic mass is 16.5. The molecule has 0 saturated carbocycles. The SMILES string of the molecule is COc1ccc(CCn2c(NC(=O)Nc3cccc(C)c3)c3ccccc3nc2=O)cc1. The number of benzene rings is 3. The number of hydrogen-bond donors (Lipinski definition) is 2. The van der Waals surface area contributed by atoms with Crippen LogP contribution in [-0.2, 0) is 13.0 Å². The molecule has 3 aromatic carbocycles. The van der Waals surface area contributed by atoms with Crippen LogP contribution in [0.1, 0.15) is 11.1 Å². The van der Waals surface area contributed by atoms with Crippen LogP contribution < -0.4 is 21.1 Å². The largest absolute Gasteiger partial charge is 0.497 e.